The first-order chi connectivity index (χ1) is 18.2. The Balaban J connectivity index is 2.08. The van der Waals surface area contributed by atoms with Gasteiger partial charge in [0.25, 0.3) is 10.0 Å². The summed E-state index contributed by atoms with van der Waals surface area (Å²) in [7, 11) is -4.23. The van der Waals surface area contributed by atoms with Gasteiger partial charge < -0.3 is 10.2 Å². The third-order valence-electron chi connectivity index (χ3n) is 6.08. The lowest BCUT2D eigenvalue weighted by Gasteiger charge is -2.34. The van der Waals surface area contributed by atoms with E-state index in [2.05, 4.69) is 5.32 Å². The first kappa shape index (κ1) is 30.1. The van der Waals surface area contributed by atoms with Crippen LogP contribution >= 0.6 is 11.6 Å². The van der Waals surface area contributed by atoms with E-state index in [1.165, 1.54) is 42.2 Å². The van der Waals surface area contributed by atoms with E-state index in [4.69, 9.17) is 11.6 Å². The van der Waals surface area contributed by atoms with Crippen molar-refractivity contribution in [1.29, 1.82) is 0 Å². The van der Waals surface area contributed by atoms with Crippen molar-refractivity contribution in [3.63, 3.8) is 0 Å². The van der Waals surface area contributed by atoms with Crippen molar-refractivity contribution in [3.8, 4) is 0 Å². The standard InChI is InChI=1S/C29H33ClFN3O4S/c1-20-24(30)15-11-17-26(20)34(39(37,38)23-13-7-6-8-14-23)19-27(35)33(18-22-12-9-10-16-25(22)31)21(2)28(36)32-29(3,4)5/h6-17,21H,18-19H2,1-5H3,(H,32,36). The Hall–Kier alpha value is -3.43. The fourth-order valence-corrected chi connectivity index (χ4v) is 5.63. The monoisotopic (exact) mass is 573 g/mol. The summed E-state index contributed by atoms with van der Waals surface area (Å²) >= 11 is 6.32. The van der Waals surface area contributed by atoms with Crippen LogP contribution < -0.4 is 9.62 Å². The molecular formula is C29H33ClFN3O4S. The maximum atomic E-state index is 14.6. The second kappa shape index (κ2) is 12.2. The SMILES string of the molecule is Cc1c(Cl)cccc1N(CC(=O)N(Cc1ccccc1F)C(C)C(=O)NC(C)(C)C)S(=O)(=O)c1ccccc1. The quantitative estimate of drug-likeness (QED) is 0.376. The van der Waals surface area contributed by atoms with Crippen LogP contribution in [0.2, 0.25) is 5.02 Å². The van der Waals surface area contributed by atoms with Gasteiger partial charge in [-0.15, -0.1) is 0 Å². The number of carbonyl (C=O) groups is 2. The summed E-state index contributed by atoms with van der Waals surface area (Å²) in [5.41, 5.74) is 0.291. The van der Waals surface area contributed by atoms with E-state index < -0.39 is 45.8 Å². The van der Waals surface area contributed by atoms with Gasteiger partial charge in [-0.2, -0.15) is 0 Å². The molecule has 2 amide bonds. The lowest BCUT2D eigenvalue weighted by atomic mass is 10.1. The summed E-state index contributed by atoms with van der Waals surface area (Å²) in [4.78, 5) is 28.2. The molecule has 3 rings (SSSR count). The van der Waals surface area contributed by atoms with Gasteiger partial charge in [0.1, 0.15) is 18.4 Å². The number of halogens is 2. The van der Waals surface area contributed by atoms with Gasteiger partial charge in [0.2, 0.25) is 11.8 Å². The van der Waals surface area contributed by atoms with E-state index in [0.717, 1.165) is 4.31 Å². The first-order valence-electron chi connectivity index (χ1n) is 12.4. The molecule has 1 atom stereocenters. The minimum Gasteiger partial charge on any atom is -0.350 e. The molecule has 0 aromatic heterocycles. The Morgan fingerprint density at radius 2 is 1.59 bits per heavy atom. The molecule has 0 saturated heterocycles. The normalized spacial score (nSPS) is 12.5. The van der Waals surface area contributed by atoms with E-state index in [1.807, 2.05) is 0 Å². The zero-order valence-corrected chi connectivity index (χ0v) is 24.2. The minimum atomic E-state index is -4.23. The highest BCUT2D eigenvalue weighted by atomic mass is 35.5. The Labute approximate surface area is 234 Å². The van der Waals surface area contributed by atoms with Gasteiger partial charge in [-0.05, 0) is 70.5 Å². The summed E-state index contributed by atoms with van der Waals surface area (Å²) < 4.78 is 43.3. The van der Waals surface area contributed by atoms with Crippen molar-refractivity contribution < 1.29 is 22.4 Å². The average Bonchev–Trinajstić information content (AvgIpc) is 2.87. The van der Waals surface area contributed by atoms with Crippen molar-refractivity contribution in [2.75, 3.05) is 10.8 Å². The molecule has 0 saturated carbocycles. The number of amides is 2. The number of nitrogens with one attached hydrogen (secondary N) is 1. The van der Waals surface area contributed by atoms with Gasteiger partial charge >= 0.3 is 0 Å². The second-order valence-corrected chi connectivity index (χ2v) is 12.5. The van der Waals surface area contributed by atoms with E-state index in [-0.39, 0.29) is 22.7 Å². The molecule has 39 heavy (non-hydrogen) atoms. The number of nitrogens with zero attached hydrogens (tertiary/aromatic N) is 2. The highest BCUT2D eigenvalue weighted by Crippen LogP contribution is 2.31. The topological polar surface area (TPSA) is 86.8 Å². The molecule has 0 spiro atoms. The number of rotatable bonds is 9. The summed E-state index contributed by atoms with van der Waals surface area (Å²) in [5, 5.41) is 3.16. The maximum Gasteiger partial charge on any atom is 0.264 e. The Kier molecular flexibility index (Phi) is 9.40. The maximum absolute atomic E-state index is 14.6. The predicted octanol–water partition coefficient (Wildman–Crippen LogP) is 5.31. The molecule has 0 radical (unpaired) electrons. The molecule has 10 heteroatoms. The summed E-state index contributed by atoms with van der Waals surface area (Å²) in [6.07, 6.45) is 0. The number of anilines is 1. The van der Waals surface area contributed by atoms with E-state index in [0.29, 0.717) is 10.6 Å². The van der Waals surface area contributed by atoms with Crippen LogP contribution in [0.1, 0.15) is 38.8 Å². The largest absolute Gasteiger partial charge is 0.350 e. The molecule has 3 aromatic rings. The van der Waals surface area contributed by atoms with Crippen LogP contribution in [0.15, 0.2) is 77.7 Å². The average molecular weight is 574 g/mol. The van der Waals surface area contributed by atoms with Gasteiger partial charge in [0.15, 0.2) is 0 Å². The Morgan fingerprint density at radius 1 is 0.974 bits per heavy atom. The third kappa shape index (κ3) is 7.36. The smallest absolute Gasteiger partial charge is 0.264 e. The zero-order valence-electron chi connectivity index (χ0n) is 22.6. The highest BCUT2D eigenvalue weighted by Gasteiger charge is 2.34. The molecule has 7 nitrogen and oxygen atoms in total. The Morgan fingerprint density at radius 3 is 2.21 bits per heavy atom. The van der Waals surface area contributed by atoms with Crippen LogP contribution in [0.5, 0.6) is 0 Å². The molecule has 0 aliphatic carbocycles. The molecule has 0 bridgehead atoms. The molecule has 1 N–H and O–H groups in total. The fourth-order valence-electron chi connectivity index (χ4n) is 3.97. The van der Waals surface area contributed by atoms with E-state index in [9.17, 15) is 22.4 Å². The zero-order chi connectivity index (χ0) is 29.0. The van der Waals surface area contributed by atoms with E-state index >= 15 is 0 Å². The highest BCUT2D eigenvalue weighted by molar-refractivity contribution is 7.92. The van der Waals surface area contributed by atoms with Gasteiger partial charge in [-0.25, -0.2) is 12.8 Å². The Bertz CT molecular complexity index is 1440. The first-order valence-corrected chi connectivity index (χ1v) is 14.2. The molecule has 208 valence electrons. The number of hydrogen-bond acceptors (Lipinski definition) is 4. The summed E-state index contributed by atoms with van der Waals surface area (Å²) in [6.45, 7) is 7.72. The number of benzene rings is 3. The van der Waals surface area contributed by atoms with Crippen molar-refractivity contribution in [1.82, 2.24) is 10.2 Å². The lowest BCUT2D eigenvalue weighted by molar-refractivity contribution is -0.140. The van der Waals surface area contributed by atoms with Crippen molar-refractivity contribution >= 4 is 39.1 Å². The summed E-state index contributed by atoms with van der Waals surface area (Å²) in [5.74, 6) is -1.68. The van der Waals surface area contributed by atoms with Crippen LogP contribution in [-0.2, 0) is 26.2 Å². The van der Waals surface area contributed by atoms with Gasteiger partial charge in [-0.3, -0.25) is 13.9 Å². The fraction of sp³-hybridized carbons (Fsp3) is 0.310. The van der Waals surface area contributed by atoms with Gasteiger partial charge in [-0.1, -0.05) is 54.1 Å². The third-order valence-corrected chi connectivity index (χ3v) is 8.27. The van der Waals surface area contributed by atoms with Crippen LogP contribution in [-0.4, -0.2) is 43.3 Å². The lowest BCUT2D eigenvalue weighted by Crippen LogP contribution is -2.54. The van der Waals surface area contributed by atoms with Crippen molar-refractivity contribution in [3.05, 3.63) is 94.8 Å². The van der Waals surface area contributed by atoms with Crippen molar-refractivity contribution in [2.45, 2.75) is 57.6 Å². The summed E-state index contributed by atoms with van der Waals surface area (Å²) in [6, 6.07) is 17.4. The number of sulfonamides is 1. The van der Waals surface area contributed by atoms with Crippen LogP contribution in [0.25, 0.3) is 0 Å². The molecule has 0 aliphatic heterocycles. The number of carbonyl (C=O) groups excluding carboxylic acids is 2. The minimum absolute atomic E-state index is 0.0173. The van der Waals surface area contributed by atoms with E-state index in [1.54, 1.807) is 70.2 Å². The molecule has 3 aromatic carbocycles. The molecule has 1 unspecified atom stereocenters. The van der Waals surface area contributed by atoms with Gasteiger partial charge in [0, 0.05) is 22.7 Å². The second-order valence-electron chi connectivity index (χ2n) is 10.2. The number of hydrogen-bond donors (Lipinski definition) is 1. The van der Waals surface area contributed by atoms with Crippen molar-refractivity contribution in [2.24, 2.45) is 0 Å². The van der Waals surface area contributed by atoms with Crippen LogP contribution in [0.3, 0.4) is 0 Å². The van der Waals surface area contributed by atoms with Crippen LogP contribution in [0.4, 0.5) is 10.1 Å². The molecular weight excluding hydrogens is 541 g/mol. The molecule has 0 heterocycles. The molecule has 0 aliphatic rings. The van der Waals surface area contributed by atoms with Gasteiger partial charge in [0.05, 0.1) is 10.6 Å². The molecule has 0 fully saturated rings. The van der Waals surface area contributed by atoms with Crippen LogP contribution in [0, 0.1) is 12.7 Å². The predicted molar refractivity (Wildman–Crippen MR) is 151 cm³/mol.